The molecule has 110 valence electrons. The average molecular weight is 355 g/mol. The van der Waals surface area contributed by atoms with Crippen molar-refractivity contribution in [2.45, 2.75) is 13.8 Å². The molecule has 0 aliphatic heterocycles. The standard InChI is InChI=1S/C16H13BrF2O2/c1-8-4-9(2)14(13(5-8)21-3)16(20)15-11(18)6-10(17)7-12(15)19/h4-7H,1-3H3. The lowest BCUT2D eigenvalue weighted by molar-refractivity contribution is 0.102. The van der Waals surface area contributed by atoms with Crippen molar-refractivity contribution >= 4 is 21.7 Å². The van der Waals surface area contributed by atoms with Crippen LogP contribution in [0.15, 0.2) is 28.7 Å². The van der Waals surface area contributed by atoms with Crippen LogP contribution in [-0.4, -0.2) is 12.9 Å². The van der Waals surface area contributed by atoms with E-state index in [-0.39, 0.29) is 10.0 Å². The number of hydrogen-bond donors (Lipinski definition) is 0. The lowest BCUT2D eigenvalue weighted by Gasteiger charge is -2.13. The van der Waals surface area contributed by atoms with E-state index in [1.807, 2.05) is 6.92 Å². The highest BCUT2D eigenvalue weighted by molar-refractivity contribution is 9.10. The van der Waals surface area contributed by atoms with Crippen LogP contribution in [0.1, 0.15) is 27.0 Å². The molecule has 0 atom stereocenters. The van der Waals surface area contributed by atoms with Gasteiger partial charge in [-0.15, -0.1) is 0 Å². The van der Waals surface area contributed by atoms with Crippen molar-refractivity contribution in [2.75, 3.05) is 7.11 Å². The molecule has 0 fully saturated rings. The summed E-state index contributed by atoms with van der Waals surface area (Å²) in [5.74, 6) is -2.24. The number of ether oxygens (including phenoxy) is 1. The predicted molar refractivity (Wildman–Crippen MR) is 80.0 cm³/mol. The third-order valence-corrected chi connectivity index (χ3v) is 3.58. The van der Waals surface area contributed by atoms with Gasteiger partial charge in [0, 0.05) is 4.47 Å². The minimum absolute atomic E-state index is 0.170. The molecule has 0 saturated carbocycles. The van der Waals surface area contributed by atoms with Crippen LogP contribution in [0.3, 0.4) is 0 Å². The molecule has 2 rings (SSSR count). The van der Waals surface area contributed by atoms with E-state index in [1.54, 1.807) is 19.1 Å². The van der Waals surface area contributed by atoms with Gasteiger partial charge in [0.2, 0.25) is 5.78 Å². The molecule has 0 aliphatic rings. The Labute approximate surface area is 129 Å². The Hall–Kier alpha value is -1.75. The second-order valence-electron chi connectivity index (χ2n) is 4.73. The van der Waals surface area contributed by atoms with Crippen LogP contribution in [0, 0.1) is 25.5 Å². The second kappa shape index (κ2) is 5.93. The van der Waals surface area contributed by atoms with Crippen molar-refractivity contribution < 1.29 is 18.3 Å². The molecule has 0 aliphatic carbocycles. The van der Waals surface area contributed by atoms with Crippen molar-refractivity contribution in [1.29, 1.82) is 0 Å². The summed E-state index contributed by atoms with van der Waals surface area (Å²) >= 11 is 2.99. The molecule has 2 nitrogen and oxygen atoms in total. The van der Waals surface area contributed by atoms with Gasteiger partial charge in [-0.05, 0) is 43.2 Å². The zero-order valence-electron chi connectivity index (χ0n) is 11.8. The Morgan fingerprint density at radius 1 is 1.05 bits per heavy atom. The van der Waals surface area contributed by atoms with Crippen molar-refractivity contribution in [3.05, 3.63) is 62.6 Å². The van der Waals surface area contributed by atoms with E-state index in [0.29, 0.717) is 11.3 Å². The number of rotatable bonds is 3. The van der Waals surface area contributed by atoms with Gasteiger partial charge in [-0.2, -0.15) is 0 Å². The fourth-order valence-electron chi connectivity index (χ4n) is 2.26. The summed E-state index contributed by atoms with van der Waals surface area (Å²) in [5, 5.41) is 0. The molecule has 0 aromatic heterocycles. The first-order valence-electron chi connectivity index (χ1n) is 6.19. The molecule has 0 saturated heterocycles. The first-order chi connectivity index (χ1) is 9.85. The molecule has 0 N–H and O–H groups in total. The van der Waals surface area contributed by atoms with E-state index in [0.717, 1.165) is 17.7 Å². The molecule has 0 bridgehead atoms. The number of halogens is 3. The number of ketones is 1. The summed E-state index contributed by atoms with van der Waals surface area (Å²) in [6, 6.07) is 5.55. The van der Waals surface area contributed by atoms with Gasteiger partial charge in [0.05, 0.1) is 18.2 Å². The lowest BCUT2D eigenvalue weighted by Crippen LogP contribution is -2.11. The Morgan fingerprint density at radius 3 is 2.14 bits per heavy atom. The Balaban J connectivity index is 2.66. The van der Waals surface area contributed by atoms with Crippen molar-refractivity contribution in [3.8, 4) is 5.75 Å². The van der Waals surface area contributed by atoms with Crippen LogP contribution >= 0.6 is 15.9 Å². The van der Waals surface area contributed by atoms with Gasteiger partial charge >= 0.3 is 0 Å². The topological polar surface area (TPSA) is 26.3 Å². The summed E-state index contributed by atoms with van der Waals surface area (Å²) in [4.78, 5) is 12.5. The molecular weight excluding hydrogens is 342 g/mol. The smallest absolute Gasteiger partial charge is 0.202 e. The number of carbonyl (C=O) groups excluding carboxylic acids is 1. The summed E-state index contributed by atoms with van der Waals surface area (Å²) < 4.78 is 33.3. The maximum absolute atomic E-state index is 14.0. The Morgan fingerprint density at radius 2 is 1.62 bits per heavy atom. The van der Waals surface area contributed by atoms with Crippen LogP contribution in [0.2, 0.25) is 0 Å². The zero-order valence-corrected chi connectivity index (χ0v) is 13.3. The molecule has 21 heavy (non-hydrogen) atoms. The monoisotopic (exact) mass is 354 g/mol. The van der Waals surface area contributed by atoms with Crippen LogP contribution in [-0.2, 0) is 0 Å². The van der Waals surface area contributed by atoms with Crippen molar-refractivity contribution in [1.82, 2.24) is 0 Å². The fourth-order valence-corrected chi connectivity index (χ4v) is 2.67. The van der Waals surface area contributed by atoms with Gasteiger partial charge in [0.15, 0.2) is 0 Å². The highest BCUT2D eigenvalue weighted by atomic mass is 79.9. The van der Waals surface area contributed by atoms with E-state index in [1.165, 1.54) is 7.11 Å². The summed E-state index contributed by atoms with van der Waals surface area (Å²) in [7, 11) is 1.42. The number of benzene rings is 2. The molecule has 0 heterocycles. The molecule has 2 aromatic rings. The highest BCUT2D eigenvalue weighted by Gasteiger charge is 2.24. The molecule has 0 spiro atoms. The summed E-state index contributed by atoms with van der Waals surface area (Å²) in [5.41, 5.74) is 1.10. The van der Waals surface area contributed by atoms with E-state index < -0.39 is 23.0 Å². The molecule has 2 aromatic carbocycles. The van der Waals surface area contributed by atoms with Gasteiger partial charge < -0.3 is 4.74 Å². The van der Waals surface area contributed by atoms with Crippen LogP contribution in [0.25, 0.3) is 0 Å². The number of carbonyl (C=O) groups is 1. The van der Waals surface area contributed by atoms with E-state index in [4.69, 9.17) is 4.74 Å². The van der Waals surface area contributed by atoms with Gasteiger partial charge in [0.25, 0.3) is 0 Å². The van der Waals surface area contributed by atoms with Crippen LogP contribution < -0.4 is 4.74 Å². The lowest BCUT2D eigenvalue weighted by atomic mass is 9.96. The average Bonchev–Trinajstić information content (AvgIpc) is 2.35. The van der Waals surface area contributed by atoms with Crippen LogP contribution in [0.5, 0.6) is 5.75 Å². The Bertz CT molecular complexity index is 703. The SMILES string of the molecule is COc1cc(C)cc(C)c1C(=O)c1c(F)cc(Br)cc1F. The third kappa shape index (κ3) is 2.97. The largest absolute Gasteiger partial charge is 0.496 e. The molecule has 0 unspecified atom stereocenters. The van der Waals surface area contributed by atoms with E-state index in [2.05, 4.69) is 15.9 Å². The summed E-state index contributed by atoms with van der Waals surface area (Å²) in [6.45, 7) is 3.56. The molecular formula is C16H13BrF2O2. The van der Waals surface area contributed by atoms with E-state index in [9.17, 15) is 13.6 Å². The van der Waals surface area contributed by atoms with Crippen molar-refractivity contribution in [3.63, 3.8) is 0 Å². The molecule has 0 amide bonds. The summed E-state index contributed by atoms with van der Waals surface area (Å²) in [6.07, 6.45) is 0. The minimum atomic E-state index is -0.908. The first-order valence-corrected chi connectivity index (χ1v) is 6.99. The van der Waals surface area contributed by atoms with Crippen LogP contribution in [0.4, 0.5) is 8.78 Å². The van der Waals surface area contributed by atoms with Crippen molar-refractivity contribution in [2.24, 2.45) is 0 Å². The number of methoxy groups -OCH3 is 1. The second-order valence-corrected chi connectivity index (χ2v) is 5.65. The molecule has 0 radical (unpaired) electrons. The molecule has 5 heteroatoms. The normalized spacial score (nSPS) is 10.6. The van der Waals surface area contributed by atoms with Gasteiger partial charge in [-0.1, -0.05) is 22.0 Å². The fraction of sp³-hybridized carbons (Fsp3) is 0.188. The maximum atomic E-state index is 14.0. The zero-order chi connectivity index (χ0) is 15.7. The number of hydrogen-bond acceptors (Lipinski definition) is 2. The first kappa shape index (κ1) is 15.6. The van der Waals surface area contributed by atoms with Gasteiger partial charge in [0.1, 0.15) is 17.4 Å². The maximum Gasteiger partial charge on any atom is 0.202 e. The Kier molecular flexibility index (Phi) is 4.42. The number of aryl methyl sites for hydroxylation is 2. The van der Waals surface area contributed by atoms with E-state index >= 15 is 0 Å². The quantitative estimate of drug-likeness (QED) is 0.754. The van der Waals surface area contributed by atoms with Gasteiger partial charge in [-0.3, -0.25) is 4.79 Å². The minimum Gasteiger partial charge on any atom is -0.496 e. The highest BCUT2D eigenvalue weighted by Crippen LogP contribution is 2.29. The predicted octanol–water partition coefficient (Wildman–Crippen LogP) is 4.58. The van der Waals surface area contributed by atoms with Gasteiger partial charge in [-0.25, -0.2) is 8.78 Å². The third-order valence-electron chi connectivity index (χ3n) is 3.12.